The van der Waals surface area contributed by atoms with E-state index in [0.717, 1.165) is 11.0 Å². The quantitative estimate of drug-likeness (QED) is 0.810. The molecular formula is C17H14ClFN2O3S. The Morgan fingerprint density at radius 3 is 2.64 bits per heavy atom. The van der Waals surface area contributed by atoms with Gasteiger partial charge in [0.25, 0.3) is 11.8 Å². The molecule has 2 aromatic rings. The fourth-order valence-corrected chi connectivity index (χ4v) is 3.57. The summed E-state index contributed by atoms with van der Waals surface area (Å²) in [5.74, 6) is -1.67. The Balaban J connectivity index is 2.10. The van der Waals surface area contributed by atoms with Crippen LogP contribution < -0.4 is 4.90 Å². The van der Waals surface area contributed by atoms with Gasteiger partial charge in [-0.2, -0.15) is 0 Å². The second-order valence-electron chi connectivity index (χ2n) is 5.39. The first-order valence-corrected chi connectivity index (χ1v) is 8.65. The van der Waals surface area contributed by atoms with Gasteiger partial charge in [0.2, 0.25) is 0 Å². The highest BCUT2D eigenvalue weighted by Crippen LogP contribution is 2.36. The zero-order chi connectivity index (χ0) is 18.1. The number of rotatable bonds is 5. The van der Waals surface area contributed by atoms with Crippen molar-refractivity contribution < 1.29 is 19.1 Å². The van der Waals surface area contributed by atoms with Gasteiger partial charge >= 0.3 is 0 Å². The summed E-state index contributed by atoms with van der Waals surface area (Å²) < 4.78 is 13.4. The molecule has 0 saturated carbocycles. The number of aliphatic hydroxyl groups excluding tert-OH is 1. The van der Waals surface area contributed by atoms with Gasteiger partial charge in [-0.1, -0.05) is 17.7 Å². The molecule has 1 aliphatic heterocycles. The van der Waals surface area contributed by atoms with E-state index in [4.69, 9.17) is 11.6 Å². The monoisotopic (exact) mass is 380 g/mol. The second kappa shape index (κ2) is 6.95. The van der Waals surface area contributed by atoms with E-state index in [9.17, 15) is 19.1 Å². The second-order valence-corrected chi connectivity index (χ2v) is 6.75. The van der Waals surface area contributed by atoms with E-state index in [-0.39, 0.29) is 35.1 Å². The van der Waals surface area contributed by atoms with Crippen LogP contribution in [0.3, 0.4) is 0 Å². The van der Waals surface area contributed by atoms with Gasteiger partial charge in [0.05, 0.1) is 22.9 Å². The molecule has 0 bridgehead atoms. The van der Waals surface area contributed by atoms with Crippen LogP contribution in [0, 0.1) is 5.82 Å². The average Bonchev–Trinajstić information content (AvgIpc) is 3.17. The maximum absolute atomic E-state index is 13.4. The summed E-state index contributed by atoms with van der Waals surface area (Å²) in [6, 6.07) is 7.22. The zero-order valence-corrected chi connectivity index (χ0v) is 14.8. The third kappa shape index (κ3) is 3.06. The van der Waals surface area contributed by atoms with Crippen molar-refractivity contribution in [1.29, 1.82) is 0 Å². The zero-order valence-electron chi connectivity index (χ0n) is 13.2. The molecule has 1 aromatic carbocycles. The van der Waals surface area contributed by atoms with E-state index in [0.29, 0.717) is 4.88 Å². The van der Waals surface area contributed by atoms with Crippen molar-refractivity contribution in [3.63, 3.8) is 0 Å². The molecule has 0 saturated heterocycles. The van der Waals surface area contributed by atoms with Crippen LogP contribution in [0.25, 0.3) is 5.57 Å². The van der Waals surface area contributed by atoms with Crippen LogP contribution in [0.1, 0.15) is 4.88 Å². The Morgan fingerprint density at radius 1 is 1.28 bits per heavy atom. The molecule has 0 spiro atoms. The molecule has 25 heavy (non-hydrogen) atoms. The fourth-order valence-electron chi connectivity index (χ4n) is 2.64. The minimum absolute atomic E-state index is 0.165. The van der Waals surface area contributed by atoms with Crippen LogP contribution in [0.4, 0.5) is 10.1 Å². The number of halogens is 2. The molecule has 0 radical (unpaired) electrons. The van der Waals surface area contributed by atoms with Crippen LogP contribution >= 0.6 is 22.9 Å². The van der Waals surface area contributed by atoms with E-state index in [1.54, 1.807) is 29.5 Å². The van der Waals surface area contributed by atoms with Gasteiger partial charge in [0, 0.05) is 18.5 Å². The van der Waals surface area contributed by atoms with Crippen LogP contribution in [0.2, 0.25) is 5.02 Å². The molecule has 1 N–H and O–H groups in total. The van der Waals surface area contributed by atoms with E-state index in [2.05, 4.69) is 0 Å². The van der Waals surface area contributed by atoms with Crippen molar-refractivity contribution in [1.82, 2.24) is 4.90 Å². The summed E-state index contributed by atoms with van der Waals surface area (Å²) in [5.41, 5.74) is 0.654. The highest BCUT2D eigenvalue weighted by atomic mass is 35.5. The van der Waals surface area contributed by atoms with E-state index in [1.165, 1.54) is 23.5 Å². The minimum atomic E-state index is -0.631. The molecule has 0 fully saturated rings. The van der Waals surface area contributed by atoms with E-state index in [1.807, 2.05) is 0 Å². The number of carbonyl (C=O) groups is 2. The van der Waals surface area contributed by atoms with Crippen LogP contribution in [-0.2, 0) is 9.59 Å². The third-order valence-electron chi connectivity index (χ3n) is 3.81. The number of aliphatic hydroxyl groups is 1. The molecular weight excluding hydrogens is 367 g/mol. The molecule has 0 unspecified atom stereocenters. The predicted molar refractivity (Wildman–Crippen MR) is 94.9 cm³/mol. The first kappa shape index (κ1) is 17.6. The van der Waals surface area contributed by atoms with Gasteiger partial charge in [-0.15, -0.1) is 11.3 Å². The lowest BCUT2D eigenvalue weighted by Crippen LogP contribution is -2.34. The summed E-state index contributed by atoms with van der Waals surface area (Å²) in [6.07, 6.45) is 0. The van der Waals surface area contributed by atoms with Crippen molar-refractivity contribution in [3.8, 4) is 0 Å². The van der Waals surface area contributed by atoms with Crippen molar-refractivity contribution in [3.05, 3.63) is 57.1 Å². The Morgan fingerprint density at radius 2 is 2.04 bits per heavy atom. The number of thiophene rings is 1. The van der Waals surface area contributed by atoms with Gasteiger partial charge in [-0.3, -0.25) is 9.59 Å². The van der Waals surface area contributed by atoms with E-state index < -0.39 is 17.6 Å². The summed E-state index contributed by atoms with van der Waals surface area (Å²) in [5, 5.41) is 10.8. The lowest BCUT2D eigenvalue weighted by molar-refractivity contribution is -0.120. The molecule has 2 heterocycles. The van der Waals surface area contributed by atoms with Gasteiger partial charge in [-0.25, -0.2) is 9.29 Å². The Hall–Kier alpha value is -2.22. The SMILES string of the molecule is CN(CCO)C1=C(c2cccs2)C(=O)N(c2ccc(F)c(Cl)c2)C1=O. The smallest absolute Gasteiger partial charge is 0.282 e. The van der Waals surface area contributed by atoms with Crippen molar-refractivity contribution in [2.45, 2.75) is 0 Å². The maximum atomic E-state index is 13.4. The summed E-state index contributed by atoms with van der Waals surface area (Å²) in [4.78, 5) is 29.0. The van der Waals surface area contributed by atoms with Crippen molar-refractivity contribution in [2.75, 3.05) is 25.1 Å². The number of hydrogen-bond donors (Lipinski definition) is 1. The topological polar surface area (TPSA) is 60.9 Å². The molecule has 8 heteroatoms. The fraction of sp³-hybridized carbons (Fsp3) is 0.176. The standard InChI is InChI=1S/C17H14ClFN2O3S/c1-20(6-7-22)15-14(13-3-2-8-25-13)16(23)21(17(15)24)10-4-5-12(19)11(18)9-10/h2-5,8-9,22H,6-7H2,1H3. The largest absolute Gasteiger partial charge is 0.395 e. The van der Waals surface area contributed by atoms with Gasteiger partial charge in [0.1, 0.15) is 11.5 Å². The third-order valence-corrected chi connectivity index (χ3v) is 4.98. The lowest BCUT2D eigenvalue weighted by Gasteiger charge is -2.20. The van der Waals surface area contributed by atoms with Crippen LogP contribution in [-0.4, -0.2) is 42.0 Å². The Bertz CT molecular complexity index is 867. The molecule has 0 aliphatic carbocycles. The molecule has 5 nitrogen and oxygen atoms in total. The van der Waals surface area contributed by atoms with Gasteiger partial charge in [-0.05, 0) is 29.6 Å². The number of likely N-dealkylation sites (N-methyl/N-ethyl adjacent to an activating group) is 1. The molecule has 1 aromatic heterocycles. The first-order chi connectivity index (χ1) is 12.0. The number of benzene rings is 1. The highest BCUT2D eigenvalue weighted by molar-refractivity contribution is 7.11. The number of nitrogens with zero attached hydrogens (tertiary/aromatic N) is 2. The lowest BCUT2D eigenvalue weighted by atomic mass is 10.2. The maximum Gasteiger partial charge on any atom is 0.282 e. The van der Waals surface area contributed by atoms with Gasteiger partial charge in [0.15, 0.2) is 0 Å². The Kier molecular flexibility index (Phi) is 4.89. The normalized spacial score (nSPS) is 14.6. The minimum Gasteiger partial charge on any atom is -0.395 e. The molecule has 3 rings (SSSR count). The van der Waals surface area contributed by atoms with Crippen molar-refractivity contribution >= 4 is 46.0 Å². The predicted octanol–water partition coefficient (Wildman–Crippen LogP) is 2.75. The number of anilines is 1. The van der Waals surface area contributed by atoms with Crippen LogP contribution in [0.15, 0.2) is 41.4 Å². The number of imide groups is 1. The van der Waals surface area contributed by atoms with E-state index >= 15 is 0 Å². The summed E-state index contributed by atoms with van der Waals surface area (Å²) in [6.45, 7) is 0.0306. The highest BCUT2D eigenvalue weighted by Gasteiger charge is 2.42. The first-order valence-electron chi connectivity index (χ1n) is 7.39. The molecule has 0 atom stereocenters. The Labute approximate surface area is 152 Å². The van der Waals surface area contributed by atoms with Crippen LogP contribution in [0.5, 0.6) is 0 Å². The van der Waals surface area contributed by atoms with Gasteiger partial charge < -0.3 is 10.0 Å². The summed E-state index contributed by atoms with van der Waals surface area (Å²) in [7, 11) is 1.63. The van der Waals surface area contributed by atoms with Crippen molar-refractivity contribution in [2.24, 2.45) is 0 Å². The molecule has 1 aliphatic rings. The number of amides is 2. The number of carbonyl (C=O) groups excluding carboxylic acids is 2. The molecule has 2 amide bonds. The average molecular weight is 381 g/mol. The molecule has 130 valence electrons. The summed E-state index contributed by atoms with van der Waals surface area (Å²) >= 11 is 7.13. The number of hydrogen-bond acceptors (Lipinski definition) is 5.